The third-order valence-electron chi connectivity index (χ3n) is 0.838. The van der Waals surface area contributed by atoms with Gasteiger partial charge < -0.3 is 0 Å². The minimum Gasteiger partial charge on any atom is -0.294 e. The van der Waals surface area contributed by atoms with Crippen LogP contribution in [0.4, 0.5) is 4.39 Å². The first-order chi connectivity index (χ1) is 3.79. The van der Waals surface area contributed by atoms with Gasteiger partial charge in [-0.1, -0.05) is 0 Å². The summed E-state index contributed by atoms with van der Waals surface area (Å²) in [4.78, 5) is 10.3. The van der Waals surface area contributed by atoms with Gasteiger partial charge in [-0.15, -0.1) is 0 Å². The molecule has 8 heavy (non-hydrogen) atoms. The van der Waals surface area contributed by atoms with Crippen LogP contribution in [0.2, 0.25) is 0 Å². The Kier molecular flexibility index (Phi) is 1.24. The SMILES string of the molecule is O=C1[C]=CC=C(F)C1. The maximum Gasteiger partial charge on any atom is 0.170 e. The van der Waals surface area contributed by atoms with Crippen LogP contribution in [-0.4, -0.2) is 5.78 Å². The summed E-state index contributed by atoms with van der Waals surface area (Å²) in [6.07, 6.45) is 4.75. The number of hydrogen-bond donors (Lipinski definition) is 0. The molecule has 0 bridgehead atoms. The van der Waals surface area contributed by atoms with E-state index in [2.05, 4.69) is 6.08 Å². The van der Waals surface area contributed by atoms with Gasteiger partial charge in [0.1, 0.15) is 5.83 Å². The van der Waals surface area contributed by atoms with E-state index in [1.807, 2.05) is 0 Å². The fourth-order valence-corrected chi connectivity index (χ4v) is 0.488. The van der Waals surface area contributed by atoms with Gasteiger partial charge in [0.15, 0.2) is 5.78 Å². The number of allylic oxidation sites excluding steroid dienone is 4. The number of carbonyl (C=O) groups excluding carboxylic acids is 1. The molecule has 1 aliphatic rings. The number of Topliss-reactive ketones (excluding diaryl/α,β-unsaturated/α-hetero) is 1. The minimum atomic E-state index is -0.381. The number of halogens is 1. The fraction of sp³-hybridized carbons (Fsp3) is 0.167. The molecular weight excluding hydrogens is 107 g/mol. The highest BCUT2D eigenvalue weighted by Crippen LogP contribution is 2.07. The van der Waals surface area contributed by atoms with Gasteiger partial charge in [0.25, 0.3) is 0 Å². The highest BCUT2D eigenvalue weighted by Gasteiger charge is 2.04. The molecule has 2 heteroatoms. The van der Waals surface area contributed by atoms with Crippen LogP contribution in [0.15, 0.2) is 18.0 Å². The van der Waals surface area contributed by atoms with Gasteiger partial charge in [-0.3, -0.25) is 4.79 Å². The highest BCUT2D eigenvalue weighted by molar-refractivity contribution is 5.88. The standard InChI is InChI=1S/C6H4FO/c7-5-2-1-3-6(8)4-5/h1-2H,4H2. The molecule has 1 rings (SSSR count). The Hall–Kier alpha value is -0.920. The van der Waals surface area contributed by atoms with Crippen LogP contribution in [0.3, 0.4) is 0 Å². The van der Waals surface area contributed by atoms with E-state index in [0.717, 1.165) is 0 Å². The molecule has 0 aromatic rings. The van der Waals surface area contributed by atoms with E-state index in [4.69, 9.17) is 0 Å². The maximum atomic E-state index is 12.0. The molecule has 0 atom stereocenters. The van der Waals surface area contributed by atoms with Crippen molar-refractivity contribution >= 4 is 5.78 Å². The average molecular weight is 111 g/mol. The van der Waals surface area contributed by atoms with Gasteiger partial charge in [-0.05, 0) is 12.2 Å². The second-order valence-corrected chi connectivity index (χ2v) is 1.52. The van der Waals surface area contributed by atoms with Crippen molar-refractivity contribution in [2.45, 2.75) is 6.42 Å². The van der Waals surface area contributed by atoms with E-state index in [0.29, 0.717) is 0 Å². The summed E-state index contributed by atoms with van der Waals surface area (Å²) in [6, 6.07) is 0. The van der Waals surface area contributed by atoms with Crippen LogP contribution in [0, 0.1) is 6.08 Å². The van der Waals surface area contributed by atoms with Gasteiger partial charge in [0.2, 0.25) is 0 Å². The largest absolute Gasteiger partial charge is 0.294 e. The molecule has 0 heterocycles. The molecule has 0 fully saturated rings. The molecule has 0 aromatic carbocycles. The smallest absolute Gasteiger partial charge is 0.170 e. The summed E-state index contributed by atoms with van der Waals surface area (Å²) in [5.41, 5.74) is 0. The Balaban J connectivity index is 2.73. The molecule has 0 aromatic heterocycles. The lowest BCUT2D eigenvalue weighted by atomic mass is 10.2. The van der Waals surface area contributed by atoms with Crippen LogP contribution in [0.25, 0.3) is 0 Å². The third kappa shape index (κ3) is 1.03. The van der Waals surface area contributed by atoms with Crippen molar-refractivity contribution in [3.63, 3.8) is 0 Å². The molecule has 1 radical (unpaired) electrons. The van der Waals surface area contributed by atoms with Gasteiger partial charge in [-0.2, -0.15) is 0 Å². The predicted octanol–water partition coefficient (Wildman–Crippen LogP) is 1.17. The molecule has 1 aliphatic carbocycles. The van der Waals surface area contributed by atoms with Gasteiger partial charge in [0, 0.05) is 6.08 Å². The Morgan fingerprint density at radius 1 is 1.75 bits per heavy atom. The quantitative estimate of drug-likeness (QED) is 0.458. The van der Waals surface area contributed by atoms with Crippen molar-refractivity contribution < 1.29 is 9.18 Å². The number of rotatable bonds is 0. The second kappa shape index (κ2) is 1.90. The number of carbonyl (C=O) groups is 1. The molecule has 1 nitrogen and oxygen atoms in total. The van der Waals surface area contributed by atoms with Crippen molar-refractivity contribution in [2.75, 3.05) is 0 Å². The summed E-state index contributed by atoms with van der Waals surface area (Å²) in [5.74, 6) is -0.668. The number of ketones is 1. The van der Waals surface area contributed by atoms with Crippen molar-refractivity contribution in [3.05, 3.63) is 24.1 Å². The van der Waals surface area contributed by atoms with Crippen LogP contribution < -0.4 is 0 Å². The van der Waals surface area contributed by atoms with E-state index in [-0.39, 0.29) is 18.0 Å². The van der Waals surface area contributed by atoms with Crippen LogP contribution in [0.5, 0.6) is 0 Å². The zero-order valence-electron chi connectivity index (χ0n) is 4.15. The minimum absolute atomic E-state index is 0.115. The average Bonchev–Trinajstić information content (AvgIpc) is 1.64. The molecule has 0 aliphatic heterocycles. The van der Waals surface area contributed by atoms with E-state index >= 15 is 0 Å². The van der Waals surface area contributed by atoms with E-state index in [1.165, 1.54) is 12.2 Å². The van der Waals surface area contributed by atoms with E-state index in [1.54, 1.807) is 0 Å². The van der Waals surface area contributed by atoms with Gasteiger partial charge >= 0.3 is 0 Å². The van der Waals surface area contributed by atoms with E-state index in [9.17, 15) is 9.18 Å². The zero-order valence-corrected chi connectivity index (χ0v) is 4.15. The van der Waals surface area contributed by atoms with Crippen molar-refractivity contribution in [3.8, 4) is 0 Å². The summed E-state index contributed by atoms with van der Waals surface area (Å²) in [7, 11) is 0. The molecule has 0 saturated heterocycles. The fourth-order valence-electron chi connectivity index (χ4n) is 0.488. The molecule has 41 valence electrons. The normalized spacial score (nSPS) is 18.6. The first-order valence-electron chi connectivity index (χ1n) is 2.26. The Morgan fingerprint density at radius 3 is 2.88 bits per heavy atom. The first-order valence-corrected chi connectivity index (χ1v) is 2.26. The Bertz CT molecular complexity index is 167. The molecule has 0 amide bonds. The lowest BCUT2D eigenvalue weighted by Gasteiger charge is -1.93. The molecule has 0 unspecified atom stereocenters. The molecule has 0 saturated carbocycles. The molecular formula is C6H4FO. The van der Waals surface area contributed by atoms with Gasteiger partial charge in [0.05, 0.1) is 6.42 Å². The van der Waals surface area contributed by atoms with E-state index < -0.39 is 0 Å². The zero-order chi connectivity index (χ0) is 5.98. The van der Waals surface area contributed by atoms with Crippen LogP contribution >= 0.6 is 0 Å². The van der Waals surface area contributed by atoms with Crippen molar-refractivity contribution in [1.29, 1.82) is 0 Å². The summed E-state index contributed by atoms with van der Waals surface area (Å²) in [5, 5.41) is 0. The Morgan fingerprint density at radius 2 is 2.50 bits per heavy atom. The maximum absolute atomic E-state index is 12.0. The van der Waals surface area contributed by atoms with Crippen molar-refractivity contribution in [2.24, 2.45) is 0 Å². The van der Waals surface area contributed by atoms with Crippen molar-refractivity contribution in [1.82, 2.24) is 0 Å². The number of hydrogen-bond acceptors (Lipinski definition) is 1. The summed E-state index contributed by atoms with van der Waals surface area (Å²) in [6.45, 7) is 0. The monoisotopic (exact) mass is 111 g/mol. The topological polar surface area (TPSA) is 17.1 Å². The lowest BCUT2D eigenvalue weighted by molar-refractivity contribution is -0.114. The summed E-state index contributed by atoms with van der Waals surface area (Å²) < 4.78 is 12.0. The molecule has 0 spiro atoms. The van der Waals surface area contributed by atoms with Crippen LogP contribution in [0.1, 0.15) is 6.42 Å². The molecule has 0 N–H and O–H groups in total. The first kappa shape index (κ1) is 5.22. The predicted molar refractivity (Wildman–Crippen MR) is 26.6 cm³/mol. The lowest BCUT2D eigenvalue weighted by Crippen LogP contribution is -1.96. The van der Waals surface area contributed by atoms with Gasteiger partial charge in [-0.25, -0.2) is 4.39 Å². The Labute approximate surface area is 46.5 Å². The highest BCUT2D eigenvalue weighted by atomic mass is 19.1. The summed E-state index contributed by atoms with van der Waals surface area (Å²) >= 11 is 0. The second-order valence-electron chi connectivity index (χ2n) is 1.52. The van der Waals surface area contributed by atoms with Crippen LogP contribution in [-0.2, 0) is 4.79 Å². The third-order valence-corrected chi connectivity index (χ3v) is 0.838.